The number of hydrogen-bond donors (Lipinski definition) is 1. The molecule has 2 heterocycles. The quantitative estimate of drug-likeness (QED) is 0.789. The van der Waals surface area contributed by atoms with E-state index in [1.165, 1.54) is 0 Å². The van der Waals surface area contributed by atoms with Gasteiger partial charge in [-0.3, -0.25) is 0 Å². The molecule has 28 heavy (non-hydrogen) atoms. The Bertz CT molecular complexity index is 671. The van der Waals surface area contributed by atoms with Gasteiger partial charge >= 0.3 is 12.0 Å². The second kappa shape index (κ2) is 8.95. The molecule has 1 aromatic carbocycles. The summed E-state index contributed by atoms with van der Waals surface area (Å²) in [6.07, 6.45) is 4.17. The van der Waals surface area contributed by atoms with Crippen molar-refractivity contribution >= 4 is 12.0 Å². The van der Waals surface area contributed by atoms with Crippen LogP contribution in [-0.4, -0.2) is 60.1 Å². The fraction of sp³-hybridized carbons (Fsp3) is 0.636. The molecule has 3 rings (SSSR count). The highest BCUT2D eigenvalue weighted by Crippen LogP contribution is 2.36. The Morgan fingerprint density at radius 3 is 2.57 bits per heavy atom. The number of likely N-dealkylation sites (tertiary alicyclic amines) is 1. The van der Waals surface area contributed by atoms with Crippen LogP contribution in [0, 0.1) is 5.92 Å². The number of ether oxygens (including phenoxy) is 1. The molecular weight excluding hydrogens is 354 g/mol. The van der Waals surface area contributed by atoms with Gasteiger partial charge in [-0.1, -0.05) is 44.2 Å². The molecule has 2 saturated heterocycles. The van der Waals surface area contributed by atoms with E-state index in [4.69, 9.17) is 4.74 Å². The average Bonchev–Trinajstić information content (AvgIpc) is 3.09. The van der Waals surface area contributed by atoms with Gasteiger partial charge in [-0.05, 0) is 43.7 Å². The van der Waals surface area contributed by atoms with E-state index in [1.54, 1.807) is 11.9 Å². The zero-order valence-electron chi connectivity index (χ0n) is 17.3. The van der Waals surface area contributed by atoms with Crippen molar-refractivity contribution in [1.82, 2.24) is 15.1 Å². The largest absolute Gasteiger partial charge is 0.459 e. The molecular formula is C22H33N3O3. The van der Waals surface area contributed by atoms with Crippen molar-refractivity contribution in [2.24, 2.45) is 5.92 Å². The molecule has 1 unspecified atom stereocenters. The van der Waals surface area contributed by atoms with Crippen molar-refractivity contribution in [1.29, 1.82) is 0 Å². The maximum Gasteiger partial charge on any atom is 0.329 e. The minimum absolute atomic E-state index is 0.0275. The van der Waals surface area contributed by atoms with Gasteiger partial charge in [-0.25, -0.2) is 9.59 Å². The summed E-state index contributed by atoms with van der Waals surface area (Å²) in [7, 11) is 1.74. The Morgan fingerprint density at radius 1 is 1.21 bits per heavy atom. The molecule has 6 nitrogen and oxygen atoms in total. The molecule has 2 fully saturated rings. The fourth-order valence-corrected chi connectivity index (χ4v) is 4.63. The van der Waals surface area contributed by atoms with Crippen molar-refractivity contribution in [3.63, 3.8) is 0 Å². The lowest BCUT2D eigenvalue weighted by Crippen LogP contribution is -2.60. The van der Waals surface area contributed by atoms with Gasteiger partial charge in [0.15, 0.2) is 0 Å². The molecule has 0 aliphatic carbocycles. The molecule has 2 aliphatic heterocycles. The second-order valence-corrected chi connectivity index (χ2v) is 8.44. The Labute approximate surface area is 168 Å². The van der Waals surface area contributed by atoms with E-state index in [2.05, 4.69) is 5.32 Å². The lowest BCUT2D eigenvalue weighted by Gasteiger charge is -2.44. The number of urea groups is 1. The Kier molecular flexibility index (Phi) is 6.60. The van der Waals surface area contributed by atoms with Crippen LogP contribution in [-0.2, 0) is 16.1 Å². The summed E-state index contributed by atoms with van der Waals surface area (Å²) >= 11 is 0. The molecule has 0 radical (unpaired) electrons. The second-order valence-electron chi connectivity index (χ2n) is 8.44. The van der Waals surface area contributed by atoms with E-state index in [0.29, 0.717) is 0 Å². The van der Waals surface area contributed by atoms with Gasteiger partial charge in [0.05, 0.1) is 5.54 Å². The molecule has 1 aromatic rings. The standard InChI is InChI=1S/C22H33N3O3/c1-17(2)19(20(26)28-15-18-9-5-4-6-10-18)24(3)21(27)25-14-8-12-22(25)11-7-13-23-16-22/h4-6,9-10,17,19,23H,7-8,11-16H2,1-3H3/t19-,22?/m0/s1. The van der Waals surface area contributed by atoms with Crippen LogP contribution >= 0.6 is 0 Å². The van der Waals surface area contributed by atoms with Crippen molar-refractivity contribution in [2.45, 2.75) is 57.7 Å². The molecule has 0 saturated carbocycles. The van der Waals surface area contributed by atoms with Crippen LogP contribution in [0.4, 0.5) is 4.79 Å². The topological polar surface area (TPSA) is 61.9 Å². The third-order valence-electron chi connectivity index (χ3n) is 6.09. The fourth-order valence-electron chi connectivity index (χ4n) is 4.63. The highest BCUT2D eigenvalue weighted by molar-refractivity contribution is 5.84. The first kappa shape index (κ1) is 20.6. The molecule has 1 spiro atoms. The lowest BCUT2D eigenvalue weighted by molar-refractivity contribution is -0.151. The number of benzene rings is 1. The predicted octanol–water partition coefficient (Wildman–Crippen LogP) is 3.02. The van der Waals surface area contributed by atoms with Gasteiger partial charge in [0.25, 0.3) is 0 Å². The van der Waals surface area contributed by atoms with Crippen LogP contribution in [0.1, 0.15) is 45.1 Å². The predicted molar refractivity (Wildman–Crippen MR) is 109 cm³/mol. The van der Waals surface area contributed by atoms with E-state index >= 15 is 0 Å². The Morgan fingerprint density at radius 2 is 1.93 bits per heavy atom. The average molecular weight is 388 g/mol. The highest BCUT2D eigenvalue weighted by atomic mass is 16.5. The van der Waals surface area contributed by atoms with Crippen LogP contribution in [0.2, 0.25) is 0 Å². The molecule has 6 heteroatoms. The monoisotopic (exact) mass is 387 g/mol. The molecule has 0 bridgehead atoms. The summed E-state index contributed by atoms with van der Waals surface area (Å²) in [4.78, 5) is 29.8. The van der Waals surface area contributed by atoms with E-state index < -0.39 is 6.04 Å². The van der Waals surface area contributed by atoms with E-state index in [-0.39, 0.29) is 30.1 Å². The lowest BCUT2D eigenvalue weighted by atomic mass is 9.87. The molecule has 154 valence electrons. The third kappa shape index (κ3) is 4.32. The van der Waals surface area contributed by atoms with Crippen LogP contribution in [0.15, 0.2) is 30.3 Å². The first-order valence-electron chi connectivity index (χ1n) is 10.4. The van der Waals surface area contributed by atoms with Crippen molar-refractivity contribution in [2.75, 3.05) is 26.7 Å². The summed E-state index contributed by atoms with van der Waals surface area (Å²) in [5.41, 5.74) is 0.845. The molecule has 1 N–H and O–H groups in total. The third-order valence-corrected chi connectivity index (χ3v) is 6.09. The van der Waals surface area contributed by atoms with Crippen LogP contribution in [0.5, 0.6) is 0 Å². The number of amides is 2. The van der Waals surface area contributed by atoms with Crippen LogP contribution in [0.25, 0.3) is 0 Å². The van der Waals surface area contributed by atoms with E-state index in [0.717, 1.165) is 50.9 Å². The van der Waals surface area contributed by atoms with Gasteiger partial charge in [-0.15, -0.1) is 0 Å². The maximum absolute atomic E-state index is 13.4. The van der Waals surface area contributed by atoms with E-state index in [9.17, 15) is 9.59 Å². The number of carbonyl (C=O) groups excluding carboxylic acids is 2. The van der Waals surface area contributed by atoms with Crippen molar-refractivity contribution in [3.05, 3.63) is 35.9 Å². The maximum atomic E-state index is 13.4. The van der Waals surface area contributed by atoms with Gasteiger partial charge in [0.1, 0.15) is 12.6 Å². The van der Waals surface area contributed by atoms with Gasteiger partial charge in [0, 0.05) is 20.1 Å². The minimum atomic E-state index is -0.592. The number of esters is 1. The Hall–Kier alpha value is -2.08. The normalized spacial score (nSPS) is 23.1. The number of carbonyl (C=O) groups is 2. The molecule has 2 amide bonds. The summed E-state index contributed by atoms with van der Waals surface area (Å²) in [6, 6.07) is 8.98. The smallest absolute Gasteiger partial charge is 0.329 e. The summed E-state index contributed by atoms with van der Waals surface area (Å²) < 4.78 is 5.56. The van der Waals surface area contributed by atoms with Crippen molar-refractivity contribution in [3.8, 4) is 0 Å². The number of rotatable bonds is 5. The summed E-state index contributed by atoms with van der Waals surface area (Å²) in [5.74, 6) is -0.370. The minimum Gasteiger partial charge on any atom is -0.459 e. The number of nitrogens with one attached hydrogen (secondary N) is 1. The van der Waals surface area contributed by atoms with Crippen molar-refractivity contribution < 1.29 is 14.3 Å². The van der Waals surface area contributed by atoms with Gasteiger partial charge in [-0.2, -0.15) is 0 Å². The zero-order chi connectivity index (χ0) is 20.1. The number of likely N-dealkylation sites (N-methyl/N-ethyl adjacent to an activating group) is 1. The first-order chi connectivity index (χ1) is 13.4. The van der Waals surface area contributed by atoms with Crippen LogP contribution in [0.3, 0.4) is 0 Å². The molecule has 2 aliphatic rings. The van der Waals surface area contributed by atoms with Gasteiger partial charge in [0.2, 0.25) is 0 Å². The van der Waals surface area contributed by atoms with E-state index in [1.807, 2.05) is 49.1 Å². The first-order valence-corrected chi connectivity index (χ1v) is 10.4. The highest BCUT2D eigenvalue weighted by Gasteiger charge is 2.46. The number of hydrogen-bond acceptors (Lipinski definition) is 4. The molecule has 0 aromatic heterocycles. The number of piperidine rings is 1. The molecule has 2 atom stereocenters. The van der Waals surface area contributed by atoms with Crippen LogP contribution < -0.4 is 5.32 Å². The summed E-state index contributed by atoms with van der Waals surface area (Å²) in [5, 5.41) is 3.45. The Balaban J connectivity index is 1.68. The van der Waals surface area contributed by atoms with Gasteiger partial charge < -0.3 is 19.9 Å². The SMILES string of the molecule is CC(C)[C@@H](C(=O)OCc1ccccc1)N(C)C(=O)N1CCCC12CCCNC2. The number of nitrogens with zero attached hydrogens (tertiary/aromatic N) is 2. The zero-order valence-corrected chi connectivity index (χ0v) is 17.3. The summed E-state index contributed by atoms with van der Waals surface area (Å²) in [6.45, 7) is 6.76.